The summed E-state index contributed by atoms with van der Waals surface area (Å²) in [6.45, 7) is 5.92. The first-order chi connectivity index (χ1) is 10.4. The Balaban J connectivity index is 1.94. The van der Waals surface area contributed by atoms with Gasteiger partial charge in [-0.25, -0.2) is 0 Å². The highest BCUT2D eigenvalue weighted by molar-refractivity contribution is 6.30. The van der Waals surface area contributed by atoms with Gasteiger partial charge in [0.05, 0.1) is 0 Å². The molecule has 0 N–H and O–H groups in total. The molecular formula is C17H24ClNO3. The molecule has 0 atom stereocenters. The SMILES string of the molecule is COCC1CCN(C(=O)C(C)(C)Oc2ccc(Cl)cc2)CC1. The van der Waals surface area contributed by atoms with Crippen molar-refractivity contribution >= 4 is 17.5 Å². The number of methoxy groups -OCH3 is 1. The Morgan fingerprint density at radius 3 is 2.41 bits per heavy atom. The Kier molecular flexibility index (Phi) is 5.70. The second-order valence-electron chi connectivity index (χ2n) is 6.26. The predicted octanol–water partition coefficient (Wildman–Crippen LogP) is 3.38. The summed E-state index contributed by atoms with van der Waals surface area (Å²) in [5.41, 5.74) is -0.887. The number of piperidine rings is 1. The van der Waals surface area contributed by atoms with Gasteiger partial charge in [-0.1, -0.05) is 11.6 Å². The lowest BCUT2D eigenvalue weighted by atomic mass is 9.96. The molecule has 122 valence electrons. The van der Waals surface area contributed by atoms with E-state index in [0.717, 1.165) is 32.5 Å². The van der Waals surface area contributed by atoms with Crippen LogP contribution in [0.25, 0.3) is 0 Å². The summed E-state index contributed by atoms with van der Waals surface area (Å²) in [6.07, 6.45) is 1.97. The number of rotatable bonds is 5. The molecule has 0 bridgehead atoms. The van der Waals surface area contributed by atoms with Crippen LogP contribution in [0.1, 0.15) is 26.7 Å². The number of ether oxygens (including phenoxy) is 2. The predicted molar refractivity (Wildman–Crippen MR) is 87.3 cm³/mol. The molecule has 22 heavy (non-hydrogen) atoms. The van der Waals surface area contributed by atoms with Gasteiger partial charge in [-0.15, -0.1) is 0 Å². The highest BCUT2D eigenvalue weighted by Crippen LogP contribution is 2.25. The molecule has 1 aliphatic heterocycles. The van der Waals surface area contributed by atoms with E-state index >= 15 is 0 Å². The Hall–Kier alpha value is -1.26. The molecule has 0 saturated carbocycles. The normalized spacial score (nSPS) is 16.6. The van der Waals surface area contributed by atoms with Gasteiger partial charge in [0, 0.05) is 31.8 Å². The summed E-state index contributed by atoms with van der Waals surface area (Å²) in [5.74, 6) is 1.23. The maximum absolute atomic E-state index is 12.7. The van der Waals surface area contributed by atoms with Crippen molar-refractivity contribution in [2.24, 2.45) is 5.92 Å². The number of halogens is 1. The second-order valence-corrected chi connectivity index (χ2v) is 6.69. The van der Waals surface area contributed by atoms with Crippen molar-refractivity contribution in [3.05, 3.63) is 29.3 Å². The molecule has 1 aromatic carbocycles. The van der Waals surface area contributed by atoms with E-state index in [4.69, 9.17) is 21.1 Å². The van der Waals surface area contributed by atoms with Gasteiger partial charge >= 0.3 is 0 Å². The molecule has 0 aliphatic carbocycles. The van der Waals surface area contributed by atoms with E-state index in [1.165, 1.54) is 0 Å². The molecule has 0 radical (unpaired) electrons. The number of carbonyl (C=O) groups excluding carboxylic acids is 1. The monoisotopic (exact) mass is 325 g/mol. The van der Waals surface area contributed by atoms with E-state index in [1.54, 1.807) is 31.4 Å². The van der Waals surface area contributed by atoms with Crippen molar-refractivity contribution in [2.45, 2.75) is 32.3 Å². The standard InChI is InChI=1S/C17H24ClNO3/c1-17(2,22-15-6-4-14(18)5-7-15)16(20)19-10-8-13(9-11-19)12-21-3/h4-7,13H,8-12H2,1-3H3. The van der Waals surface area contributed by atoms with Crippen LogP contribution in [-0.4, -0.2) is 43.2 Å². The van der Waals surface area contributed by atoms with E-state index in [0.29, 0.717) is 16.7 Å². The fourth-order valence-electron chi connectivity index (χ4n) is 2.76. The van der Waals surface area contributed by atoms with Crippen LogP contribution in [0.2, 0.25) is 5.02 Å². The van der Waals surface area contributed by atoms with Crippen molar-refractivity contribution in [1.29, 1.82) is 0 Å². The molecule has 0 aromatic heterocycles. The Morgan fingerprint density at radius 1 is 1.27 bits per heavy atom. The summed E-state index contributed by atoms with van der Waals surface area (Å²) in [7, 11) is 1.72. The van der Waals surface area contributed by atoms with E-state index < -0.39 is 5.60 Å². The molecular weight excluding hydrogens is 302 g/mol. The summed E-state index contributed by atoms with van der Waals surface area (Å²) in [6, 6.07) is 7.08. The maximum atomic E-state index is 12.7. The largest absolute Gasteiger partial charge is 0.478 e. The van der Waals surface area contributed by atoms with Crippen molar-refractivity contribution in [3.8, 4) is 5.75 Å². The molecule has 5 heteroatoms. The summed E-state index contributed by atoms with van der Waals surface area (Å²) in [5, 5.41) is 0.650. The summed E-state index contributed by atoms with van der Waals surface area (Å²) in [4.78, 5) is 14.6. The minimum atomic E-state index is -0.887. The average molecular weight is 326 g/mol. The quantitative estimate of drug-likeness (QED) is 0.833. The number of benzene rings is 1. The third kappa shape index (κ3) is 4.37. The van der Waals surface area contributed by atoms with Gasteiger partial charge in [-0.2, -0.15) is 0 Å². The van der Waals surface area contributed by atoms with E-state index in [2.05, 4.69) is 0 Å². The van der Waals surface area contributed by atoms with Crippen LogP contribution < -0.4 is 4.74 Å². The third-order valence-corrected chi connectivity index (χ3v) is 4.26. The van der Waals surface area contributed by atoms with Gasteiger partial charge in [0.1, 0.15) is 5.75 Å². The summed E-state index contributed by atoms with van der Waals surface area (Å²) < 4.78 is 11.1. The van der Waals surface area contributed by atoms with Crippen LogP contribution in [0, 0.1) is 5.92 Å². The topological polar surface area (TPSA) is 38.8 Å². The number of likely N-dealkylation sites (tertiary alicyclic amines) is 1. The van der Waals surface area contributed by atoms with Crippen LogP contribution in [-0.2, 0) is 9.53 Å². The van der Waals surface area contributed by atoms with Gasteiger partial charge in [0.2, 0.25) is 0 Å². The van der Waals surface area contributed by atoms with Gasteiger partial charge in [0.15, 0.2) is 5.60 Å². The van der Waals surface area contributed by atoms with Gasteiger partial charge in [0.25, 0.3) is 5.91 Å². The smallest absolute Gasteiger partial charge is 0.266 e. The van der Waals surface area contributed by atoms with Crippen LogP contribution in [0.5, 0.6) is 5.75 Å². The summed E-state index contributed by atoms with van der Waals surface area (Å²) >= 11 is 5.87. The zero-order chi connectivity index (χ0) is 16.2. The number of hydrogen-bond acceptors (Lipinski definition) is 3. The zero-order valence-corrected chi connectivity index (χ0v) is 14.2. The highest BCUT2D eigenvalue weighted by atomic mass is 35.5. The average Bonchev–Trinajstić information content (AvgIpc) is 2.50. The molecule has 1 heterocycles. The molecule has 1 aliphatic rings. The van der Waals surface area contributed by atoms with Crippen LogP contribution >= 0.6 is 11.6 Å². The minimum Gasteiger partial charge on any atom is -0.478 e. The number of hydrogen-bond donors (Lipinski definition) is 0. The minimum absolute atomic E-state index is 0.0262. The van der Waals surface area contributed by atoms with Crippen LogP contribution in [0.3, 0.4) is 0 Å². The first kappa shape index (κ1) is 17.1. The van der Waals surface area contributed by atoms with E-state index in [1.807, 2.05) is 18.7 Å². The number of amides is 1. The first-order valence-corrected chi connectivity index (χ1v) is 8.03. The molecule has 2 rings (SSSR count). The molecule has 1 aromatic rings. The maximum Gasteiger partial charge on any atom is 0.266 e. The van der Waals surface area contributed by atoms with Crippen LogP contribution in [0.4, 0.5) is 0 Å². The van der Waals surface area contributed by atoms with Crippen molar-refractivity contribution in [1.82, 2.24) is 4.90 Å². The lowest BCUT2D eigenvalue weighted by Crippen LogP contribution is -2.51. The highest BCUT2D eigenvalue weighted by Gasteiger charge is 2.35. The molecule has 4 nitrogen and oxygen atoms in total. The molecule has 0 spiro atoms. The van der Waals surface area contributed by atoms with E-state index in [9.17, 15) is 4.79 Å². The molecule has 0 unspecified atom stereocenters. The Bertz CT molecular complexity index is 493. The molecule has 1 saturated heterocycles. The lowest BCUT2D eigenvalue weighted by Gasteiger charge is -2.36. The van der Waals surface area contributed by atoms with Gasteiger partial charge in [-0.05, 0) is 56.9 Å². The lowest BCUT2D eigenvalue weighted by molar-refractivity contribution is -0.147. The number of carbonyl (C=O) groups is 1. The Morgan fingerprint density at radius 2 is 1.86 bits per heavy atom. The zero-order valence-electron chi connectivity index (χ0n) is 13.5. The fourth-order valence-corrected chi connectivity index (χ4v) is 2.89. The van der Waals surface area contributed by atoms with Gasteiger partial charge < -0.3 is 14.4 Å². The second kappa shape index (κ2) is 7.34. The van der Waals surface area contributed by atoms with Crippen LogP contribution in [0.15, 0.2) is 24.3 Å². The first-order valence-electron chi connectivity index (χ1n) is 7.65. The van der Waals surface area contributed by atoms with Crippen molar-refractivity contribution in [2.75, 3.05) is 26.8 Å². The molecule has 1 amide bonds. The fraction of sp³-hybridized carbons (Fsp3) is 0.588. The van der Waals surface area contributed by atoms with E-state index in [-0.39, 0.29) is 5.91 Å². The van der Waals surface area contributed by atoms with Crippen molar-refractivity contribution < 1.29 is 14.3 Å². The Labute approximate surface area is 137 Å². The third-order valence-electron chi connectivity index (χ3n) is 4.01. The number of nitrogens with zero attached hydrogens (tertiary/aromatic N) is 1. The van der Waals surface area contributed by atoms with Crippen molar-refractivity contribution in [3.63, 3.8) is 0 Å². The van der Waals surface area contributed by atoms with Gasteiger partial charge in [-0.3, -0.25) is 4.79 Å². The molecule has 1 fully saturated rings.